The van der Waals surface area contributed by atoms with E-state index < -0.39 is 52.0 Å². The molecule has 1 fully saturated rings. The van der Waals surface area contributed by atoms with E-state index in [0.717, 1.165) is 5.56 Å². The second-order valence-electron chi connectivity index (χ2n) is 9.46. The number of hydrogen-bond donors (Lipinski definition) is 5. The van der Waals surface area contributed by atoms with Crippen molar-refractivity contribution in [2.45, 2.75) is 24.9 Å². The first-order chi connectivity index (χ1) is 17.1. The number of hydrogen-bond acceptors (Lipinski definition) is 9. The highest BCUT2D eigenvalue weighted by Gasteiger charge is 2.60. The first kappa shape index (κ1) is 22.2. The summed E-state index contributed by atoms with van der Waals surface area (Å²) < 4.78 is 10.8. The number of amides is 1. The molecule has 2 aromatic carbocycles. The largest absolute Gasteiger partial charge is 0.508 e. The minimum Gasteiger partial charge on any atom is -0.508 e. The standard InChI is InChI=1S/C26H21NO9/c27-25(33)21-16(29)8-12-5-11-6-14-13(10-1-4-17-18(7-10)36-9-35-17)2-3-15(28)20(14)22(30)19(11)23(31)26(12,34)24(21)32/h1-4,7,11-12,28,30,32,34H,5-6,8-9H2,(H2,27,33). The van der Waals surface area contributed by atoms with Crippen LogP contribution in [0.15, 0.2) is 47.2 Å². The number of carbonyl (C=O) groups is 3. The van der Waals surface area contributed by atoms with Gasteiger partial charge in [-0.05, 0) is 53.6 Å². The third-order valence-electron chi connectivity index (χ3n) is 7.63. The Morgan fingerprint density at radius 1 is 1.03 bits per heavy atom. The van der Waals surface area contributed by atoms with Crippen LogP contribution in [0.25, 0.3) is 16.9 Å². The van der Waals surface area contributed by atoms with Crippen molar-refractivity contribution in [3.05, 3.63) is 58.4 Å². The Morgan fingerprint density at radius 3 is 2.53 bits per heavy atom. The molecular weight excluding hydrogens is 470 g/mol. The maximum atomic E-state index is 13.6. The lowest BCUT2D eigenvalue weighted by Gasteiger charge is -2.46. The molecule has 10 heteroatoms. The Bertz CT molecular complexity index is 1470. The maximum Gasteiger partial charge on any atom is 0.255 e. The molecule has 0 spiro atoms. The maximum absolute atomic E-state index is 13.6. The van der Waals surface area contributed by atoms with Gasteiger partial charge in [-0.15, -0.1) is 0 Å². The molecule has 1 heterocycles. The van der Waals surface area contributed by atoms with Crippen LogP contribution >= 0.6 is 0 Å². The van der Waals surface area contributed by atoms with Crippen molar-refractivity contribution < 1.29 is 44.3 Å². The van der Waals surface area contributed by atoms with Crippen LogP contribution in [0, 0.1) is 11.8 Å². The predicted molar refractivity (Wildman–Crippen MR) is 123 cm³/mol. The number of primary amides is 1. The average molecular weight is 491 g/mol. The molecule has 3 unspecified atom stereocenters. The van der Waals surface area contributed by atoms with Gasteiger partial charge in [-0.1, -0.05) is 12.1 Å². The molecule has 10 nitrogen and oxygen atoms in total. The first-order valence-electron chi connectivity index (χ1n) is 11.3. The number of ether oxygens (including phenoxy) is 2. The minimum absolute atomic E-state index is 0.0392. The van der Waals surface area contributed by atoms with Crippen LogP contribution in [0.5, 0.6) is 17.2 Å². The molecule has 3 aliphatic carbocycles. The number of Topliss-reactive ketones (excluding diaryl/α,β-unsaturated/α-hetero) is 2. The number of aliphatic hydroxyl groups excluding tert-OH is 2. The van der Waals surface area contributed by atoms with Gasteiger partial charge in [-0.3, -0.25) is 14.4 Å². The zero-order valence-electron chi connectivity index (χ0n) is 18.8. The third kappa shape index (κ3) is 2.78. The number of rotatable bonds is 2. The Hall–Kier alpha value is -4.31. The van der Waals surface area contributed by atoms with Gasteiger partial charge in [0.25, 0.3) is 5.91 Å². The highest BCUT2D eigenvalue weighted by molar-refractivity contribution is 6.22. The molecule has 36 heavy (non-hydrogen) atoms. The highest BCUT2D eigenvalue weighted by Crippen LogP contribution is 2.53. The summed E-state index contributed by atoms with van der Waals surface area (Å²) >= 11 is 0. The van der Waals surface area contributed by atoms with Crippen LogP contribution in [0.1, 0.15) is 24.0 Å². The molecule has 1 amide bonds. The molecule has 0 radical (unpaired) electrons. The lowest BCUT2D eigenvalue weighted by Crippen LogP contribution is -2.58. The van der Waals surface area contributed by atoms with Gasteiger partial charge in [0.1, 0.15) is 22.8 Å². The van der Waals surface area contributed by atoms with Gasteiger partial charge in [-0.25, -0.2) is 0 Å². The van der Waals surface area contributed by atoms with Crippen molar-refractivity contribution in [1.82, 2.24) is 0 Å². The zero-order chi connectivity index (χ0) is 25.5. The lowest BCUT2D eigenvalue weighted by molar-refractivity contribution is -0.147. The van der Waals surface area contributed by atoms with Crippen LogP contribution in [-0.4, -0.2) is 50.3 Å². The van der Waals surface area contributed by atoms with E-state index in [1.54, 1.807) is 18.2 Å². The van der Waals surface area contributed by atoms with E-state index >= 15 is 0 Å². The molecule has 184 valence electrons. The molecule has 0 aromatic heterocycles. The Labute approximate surface area is 203 Å². The molecule has 3 atom stereocenters. The van der Waals surface area contributed by atoms with E-state index in [-0.39, 0.29) is 42.9 Å². The van der Waals surface area contributed by atoms with Crippen molar-refractivity contribution in [2.75, 3.05) is 6.79 Å². The van der Waals surface area contributed by atoms with Crippen LogP contribution in [-0.2, 0) is 20.8 Å². The van der Waals surface area contributed by atoms with Gasteiger partial charge >= 0.3 is 0 Å². The smallest absolute Gasteiger partial charge is 0.255 e. The van der Waals surface area contributed by atoms with Crippen molar-refractivity contribution in [1.29, 1.82) is 0 Å². The lowest BCUT2D eigenvalue weighted by atomic mass is 9.59. The topological polar surface area (TPSA) is 177 Å². The van der Waals surface area contributed by atoms with Crippen molar-refractivity contribution >= 4 is 23.2 Å². The summed E-state index contributed by atoms with van der Waals surface area (Å²) in [5, 5.41) is 43.8. The van der Waals surface area contributed by atoms with Crippen molar-refractivity contribution in [3.8, 4) is 28.4 Å². The first-order valence-corrected chi connectivity index (χ1v) is 11.3. The van der Waals surface area contributed by atoms with Gasteiger partial charge in [0.15, 0.2) is 22.9 Å². The van der Waals surface area contributed by atoms with Crippen LogP contribution in [0.4, 0.5) is 0 Å². The molecule has 1 aliphatic heterocycles. The van der Waals surface area contributed by atoms with Crippen molar-refractivity contribution in [2.24, 2.45) is 17.6 Å². The number of nitrogens with two attached hydrogens (primary N) is 1. The van der Waals surface area contributed by atoms with E-state index in [9.17, 15) is 34.8 Å². The van der Waals surface area contributed by atoms with Gasteiger partial charge in [0.2, 0.25) is 12.6 Å². The quantitative estimate of drug-likeness (QED) is 0.392. The second kappa shape index (κ2) is 7.34. The average Bonchev–Trinajstić information content (AvgIpc) is 3.29. The number of fused-ring (bicyclic) bond motifs is 4. The van der Waals surface area contributed by atoms with Crippen molar-refractivity contribution in [3.63, 3.8) is 0 Å². The summed E-state index contributed by atoms with van der Waals surface area (Å²) in [6, 6.07) is 8.44. The minimum atomic E-state index is -2.58. The van der Waals surface area contributed by atoms with Crippen LogP contribution in [0.3, 0.4) is 0 Å². The second-order valence-corrected chi connectivity index (χ2v) is 9.46. The summed E-state index contributed by atoms with van der Waals surface area (Å²) in [7, 11) is 0. The van der Waals surface area contributed by atoms with Gasteiger partial charge < -0.3 is 35.6 Å². The number of aromatic hydroxyl groups is 1. The summed E-state index contributed by atoms with van der Waals surface area (Å²) in [6.45, 7) is 0.103. The highest BCUT2D eigenvalue weighted by atomic mass is 16.7. The number of phenols is 1. The van der Waals surface area contributed by atoms with E-state index in [1.165, 1.54) is 6.07 Å². The summed E-state index contributed by atoms with van der Waals surface area (Å²) in [6.07, 6.45) is -0.0806. The molecular formula is C26H21NO9. The van der Waals surface area contributed by atoms with Crippen LogP contribution < -0.4 is 15.2 Å². The Kier molecular flexibility index (Phi) is 4.52. The van der Waals surface area contributed by atoms with Gasteiger partial charge in [0.05, 0.1) is 5.56 Å². The van der Waals surface area contributed by atoms with E-state index in [4.69, 9.17) is 15.2 Å². The number of ketones is 2. The molecule has 0 saturated heterocycles. The number of phenolic OH excluding ortho intramolecular Hbond substituents is 1. The molecule has 4 aliphatic rings. The van der Waals surface area contributed by atoms with Gasteiger partial charge in [-0.2, -0.15) is 0 Å². The normalized spacial score (nSPS) is 26.5. The Morgan fingerprint density at radius 2 is 1.78 bits per heavy atom. The number of aliphatic hydroxyl groups is 3. The molecule has 6 N–H and O–H groups in total. The monoisotopic (exact) mass is 491 g/mol. The Balaban J connectivity index is 1.52. The summed E-state index contributed by atoms with van der Waals surface area (Å²) in [5.74, 6) is -5.40. The zero-order valence-corrected chi connectivity index (χ0v) is 18.8. The molecule has 1 saturated carbocycles. The molecule has 0 bridgehead atoms. The summed E-state index contributed by atoms with van der Waals surface area (Å²) in [4.78, 5) is 37.8. The van der Waals surface area contributed by atoms with Crippen LogP contribution in [0.2, 0.25) is 0 Å². The fourth-order valence-corrected chi connectivity index (χ4v) is 5.96. The van der Waals surface area contributed by atoms with E-state index in [1.807, 2.05) is 6.07 Å². The molecule has 6 rings (SSSR count). The SMILES string of the molecule is NC(=O)C1=C(O)C2(O)C(=O)C3=C(O)c4c(O)ccc(-c5ccc6c(c5)OCO6)c4CC3CC2CC1=O. The molecule has 2 aromatic rings. The van der Waals surface area contributed by atoms with E-state index in [0.29, 0.717) is 22.6 Å². The third-order valence-corrected chi connectivity index (χ3v) is 7.63. The number of carbonyl (C=O) groups excluding carboxylic acids is 3. The number of benzene rings is 2. The summed E-state index contributed by atoms with van der Waals surface area (Å²) in [5.41, 5.74) is 3.69. The fraction of sp³-hybridized carbons (Fsp3) is 0.269. The van der Waals surface area contributed by atoms with E-state index in [2.05, 4.69) is 0 Å². The van der Waals surface area contributed by atoms with Gasteiger partial charge in [0, 0.05) is 17.9 Å². The fourth-order valence-electron chi connectivity index (χ4n) is 5.96. The predicted octanol–water partition coefficient (Wildman–Crippen LogP) is 1.82.